The van der Waals surface area contributed by atoms with Gasteiger partial charge in [-0.3, -0.25) is 9.89 Å². The minimum Gasteiger partial charge on any atom is -0.469 e. The van der Waals surface area contributed by atoms with E-state index in [1.807, 2.05) is 12.1 Å². The standard InChI is InChI=1S/C17H20N6O2/c1-25-15(24)17-7-11(8-17)23(9-17)16-18-5-4-13(20-16)19-14-6-12(21-22-14)10-2-3-10/h4-6,10-11H,2-3,7-9H2,1H3,(H2,18,19,20,21,22). The van der Waals surface area contributed by atoms with Crippen LogP contribution in [-0.2, 0) is 9.53 Å². The molecule has 2 aliphatic carbocycles. The molecular weight excluding hydrogens is 320 g/mol. The van der Waals surface area contributed by atoms with Crippen molar-refractivity contribution in [1.82, 2.24) is 20.2 Å². The Bertz CT molecular complexity index is 824. The summed E-state index contributed by atoms with van der Waals surface area (Å²) >= 11 is 0. The number of hydrogen-bond donors (Lipinski definition) is 2. The second-order valence-electron chi connectivity index (χ2n) is 7.31. The molecule has 2 N–H and O–H groups in total. The van der Waals surface area contributed by atoms with E-state index in [1.54, 1.807) is 6.20 Å². The lowest BCUT2D eigenvalue weighted by Gasteiger charge is -2.33. The molecule has 2 aromatic heterocycles. The second-order valence-corrected chi connectivity index (χ2v) is 7.31. The molecule has 0 spiro atoms. The Balaban J connectivity index is 1.32. The Morgan fingerprint density at radius 1 is 1.40 bits per heavy atom. The summed E-state index contributed by atoms with van der Waals surface area (Å²) in [7, 11) is 1.45. The van der Waals surface area contributed by atoms with E-state index in [0.29, 0.717) is 30.3 Å². The number of anilines is 3. The van der Waals surface area contributed by atoms with Crippen LogP contribution in [0.3, 0.4) is 0 Å². The number of nitrogens with zero attached hydrogens (tertiary/aromatic N) is 4. The van der Waals surface area contributed by atoms with Crippen molar-refractivity contribution in [2.45, 2.75) is 37.6 Å². The van der Waals surface area contributed by atoms with Crippen molar-refractivity contribution in [2.75, 3.05) is 23.9 Å². The number of fused-ring (bicyclic) bond motifs is 1. The van der Waals surface area contributed by atoms with Gasteiger partial charge in [0.15, 0.2) is 5.82 Å². The molecule has 8 heteroatoms. The third kappa shape index (κ3) is 2.35. The molecule has 0 radical (unpaired) electrons. The van der Waals surface area contributed by atoms with Gasteiger partial charge < -0.3 is 15.0 Å². The lowest BCUT2D eigenvalue weighted by atomic mass is 9.70. The van der Waals surface area contributed by atoms with Crippen molar-refractivity contribution in [2.24, 2.45) is 5.41 Å². The number of H-pyrrole nitrogens is 1. The lowest BCUT2D eigenvalue weighted by molar-refractivity contribution is -0.154. The lowest BCUT2D eigenvalue weighted by Crippen LogP contribution is -2.41. The Morgan fingerprint density at radius 3 is 3.00 bits per heavy atom. The highest BCUT2D eigenvalue weighted by molar-refractivity contribution is 5.81. The molecule has 4 aliphatic rings. The fourth-order valence-electron chi connectivity index (χ4n) is 4.02. The van der Waals surface area contributed by atoms with Crippen LogP contribution >= 0.6 is 0 Å². The van der Waals surface area contributed by atoms with E-state index in [0.717, 1.165) is 18.7 Å². The summed E-state index contributed by atoms with van der Waals surface area (Å²) in [5.74, 6) is 2.63. The van der Waals surface area contributed by atoms with Gasteiger partial charge in [-0.2, -0.15) is 10.1 Å². The summed E-state index contributed by atoms with van der Waals surface area (Å²) in [4.78, 5) is 23.1. The maximum Gasteiger partial charge on any atom is 0.313 e. The summed E-state index contributed by atoms with van der Waals surface area (Å²) in [6.45, 7) is 0.627. The molecule has 130 valence electrons. The zero-order valence-electron chi connectivity index (χ0n) is 14.0. The number of carbonyl (C=O) groups is 1. The van der Waals surface area contributed by atoms with Crippen LogP contribution in [-0.4, -0.2) is 45.8 Å². The first-order valence-electron chi connectivity index (χ1n) is 8.67. The highest BCUT2D eigenvalue weighted by Gasteiger charge is 2.61. The van der Waals surface area contributed by atoms with Gasteiger partial charge >= 0.3 is 5.97 Å². The van der Waals surface area contributed by atoms with Gasteiger partial charge in [0.25, 0.3) is 0 Å². The van der Waals surface area contributed by atoms with Gasteiger partial charge in [-0.25, -0.2) is 4.98 Å². The predicted octanol–water partition coefficient (Wildman–Crippen LogP) is 1.96. The fourth-order valence-corrected chi connectivity index (χ4v) is 4.02. The minimum absolute atomic E-state index is 0.121. The van der Waals surface area contributed by atoms with E-state index in [1.165, 1.54) is 25.6 Å². The van der Waals surface area contributed by atoms with Crippen LogP contribution < -0.4 is 10.2 Å². The van der Waals surface area contributed by atoms with Crippen molar-refractivity contribution in [1.29, 1.82) is 0 Å². The second kappa shape index (κ2) is 5.18. The van der Waals surface area contributed by atoms with Crippen LogP contribution in [0, 0.1) is 5.41 Å². The van der Waals surface area contributed by atoms with E-state index in [9.17, 15) is 4.79 Å². The number of nitrogens with one attached hydrogen (secondary N) is 2. The molecular formula is C17H20N6O2. The molecule has 0 atom stereocenters. The first-order valence-corrected chi connectivity index (χ1v) is 8.67. The molecule has 2 aromatic rings. The van der Waals surface area contributed by atoms with Crippen LogP contribution in [0.15, 0.2) is 18.3 Å². The number of ether oxygens (including phenoxy) is 1. The van der Waals surface area contributed by atoms with E-state index < -0.39 is 0 Å². The molecule has 0 aromatic carbocycles. The average Bonchev–Trinajstić information content (AvgIpc) is 3.06. The molecule has 25 heavy (non-hydrogen) atoms. The van der Waals surface area contributed by atoms with Crippen molar-refractivity contribution in [3.05, 3.63) is 24.0 Å². The van der Waals surface area contributed by atoms with Crippen molar-refractivity contribution in [3.8, 4) is 0 Å². The topological polar surface area (TPSA) is 96.0 Å². The monoisotopic (exact) mass is 340 g/mol. The largest absolute Gasteiger partial charge is 0.469 e. The van der Waals surface area contributed by atoms with Gasteiger partial charge in [0.2, 0.25) is 5.95 Å². The minimum atomic E-state index is -0.367. The van der Waals surface area contributed by atoms with Crippen molar-refractivity contribution in [3.63, 3.8) is 0 Å². The third-order valence-corrected chi connectivity index (χ3v) is 5.56. The molecule has 4 heterocycles. The molecule has 4 fully saturated rings. The summed E-state index contributed by atoms with van der Waals surface area (Å²) in [5, 5.41) is 10.6. The molecule has 2 bridgehead atoms. The SMILES string of the molecule is COC(=O)C12CC(C1)N(c1nccc(Nc3cc(C4CC4)[nH]n3)n1)C2. The first kappa shape index (κ1) is 14.7. The van der Waals surface area contributed by atoms with E-state index in [2.05, 4.69) is 30.4 Å². The molecule has 8 nitrogen and oxygen atoms in total. The Hall–Kier alpha value is -2.64. The molecule has 2 aliphatic heterocycles. The van der Waals surface area contributed by atoms with Gasteiger partial charge in [0, 0.05) is 36.5 Å². The molecule has 0 unspecified atom stereocenters. The molecule has 2 saturated heterocycles. The van der Waals surface area contributed by atoms with Crippen LogP contribution in [0.2, 0.25) is 0 Å². The van der Waals surface area contributed by atoms with Crippen LogP contribution in [0.1, 0.15) is 37.3 Å². The Morgan fingerprint density at radius 2 is 2.24 bits per heavy atom. The first-order chi connectivity index (χ1) is 12.2. The van der Waals surface area contributed by atoms with Gasteiger partial charge in [0.05, 0.1) is 12.5 Å². The number of esters is 1. The van der Waals surface area contributed by atoms with E-state index in [4.69, 9.17) is 4.74 Å². The predicted molar refractivity (Wildman–Crippen MR) is 90.7 cm³/mol. The number of rotatable bonds is 5. The summed E-state index contributed by atoms with van der Waals surface area (Å²) < 4.78 is 4.96. The Kier molecular flexibility index (Phi) is 3.04. The van der Waals surface area contributed by atoms with Crippen molar-refractivity contribution < 1.29 is 9.53 Å². The van der Waals surface area contributed by atoms with Gasteiger partial charge in [-0.1, -0.05) is 0 Å². The summed E-state index contributed by atoms with van der Waals surface area (Å²) in [6, 6.07) is 4.19. The maximum absolute atomic E-state index is 12.0. The number of aromatic amines is 1. The quantitative estimate of drug-likeness (QED) is 0.803. The smallest absolute Gasteiger partial charge is 0.313 e. The number of carbonyl (C=O) groups excluding carboxylic acids is 1. The summed E-state index contributed by atoms with van der Waals surface area (Å²) in [6.07, 6.45) is 5.85. The molecule has 2 saturated carbocycles. The number of hydrogen-bond acceptors (Lipinski definition) is 7. The van der Waals surface area contributed by atoms with Gasteiger partial charge in [-0.05, 0) is 31.7 Å². The number of aromatic nitrogens is 4. The molecule has 6 rings (SSSR count). The zero-order valence-corrected chi connectivity index (χ0v) is 14.0. The average molecular weight is 340 g/mol. The van der Waals surface area contributed by atoms with Crippen LogP contribution in [0.5, 0.6) is 0 Å². The van der Waals surface area contributed by atoms with Crippen LogP contribution in [0.25, 0.3) is 0 Å². The Labute approximate surface area is 145 Å². The zero-order chi connectivity index (χ0) is 17.0. The normalized spacial score (nSPS) is 27.1. The van der Waals surface area contributed by atoms with Crippen LogP contribution in [0.4, 0.5) is 17.6 Å². The van der Waals surface area contributed by atoms with Gasteiger partial charge in [0.1, 0.15) is 5.82 Å². The van der Waals surface area contributed by atoms with Gasteiger partial charge in [-0.15, -0.1) is 0 Å². The highest BCUT2D eigenvalue weighted by atomic mass is 16.5. The van der Waals surface area contributed by atoms with Crippen molar-refractivity contribution >= 4 is 23.6 Å². The highest BCUT2D eigenvalue weighted by Crippen LogP contribution is 2.53. The van der Waals surface area contributed by atoms with E-state index in [-0.39, 0.29) is 11.4 Å². The third-order valence-electron chi connectivity index (χ3n) is 5.56. The fraction of sp³-hybridized carbons (Fsp3) is 0.529. The number of methoxy groups -OCH3 is 1. The maximum atomic E-state index is 12.0. The summed E-state index contributed by atoms with van der Waals surface area (Å²) in [5.41, 5.74) is 0.810. The molecule has 0 amide bonds. The van der Waals surface area contributed by atoms with E-state index >= 15 is 0 Å².